The minimum absolute atomic E-state index is 0.157. The van der Waals surface area contributed by atoms with Crippen LogP contribution in [-0.4, -0.2) is 30.4 Å². The average Bonchev–Trinajstić information content (AvgIpc) is 2.38. The second-order valence-corrected chi connectivity index (χ2v) is 4.17. The number of anilines is 1. The lowest BCUT2D eigenvalue weighted by molar-refractivity contribution is 0.229. The first kappa shape index (κ1) is 15.2. The van der Waals surface area contributed by atoms with Gasteiger partial charge in [-0.3, -0.25) is 0 Å². The van der Waals surface area contributed by atoms with E-state index in [0.29, 0.717) is 12.3 Å². The molecule has 0 unspecified atom stereocenters. The molecule has 0 aliphatic carbocycles. The molecule has 2 amide bonds. The second kappa shape index (κ2) is 7.58. The van der Waals surface area contributed by atoms with Crippen molar-refractivity contribution in [2.75, 3.05) is 18.5 Å². The van der Waals surface area contributed by atoms with Crippen molar-refractivity contribution in [3.05, 3.63) is 24.0 Å². The molecule has 1 aromatic carbocycles. The number of urea groups is 1. The molecule has 19 heavy (non-hydrogen) atoms. The van der Waals surface area contributed by atoms with Crippen molar-refractivity contribution in [1.82, 2.24) is 5.32 Å². The summed E-state index contributed by atoms with van der Waals surface area (Å²) < 4.78 is 18.5. The van der Waals surface area contributed by atoms with Gasteiger partial charge in [-0.15, -0.1) is 0 Å². The molecule has 0 spiro atoms. The third kappa shape index (κ3) is 5.13. The van der Waals surface area contributed by atoms with E-state index < -0.39 is 11.8 Å². The van der Waals surface area contributed by atoms with Gasteiger partial charge in [-0.2, -0.15) is 0 Å². The Hall–Kier alpha value is -1.82. The zero-order valence-electron chi connectivity index (χ0n) is 11.1. The molecule has 0 aliphatic rings. The van der Waals surface area contributed by atoms with Crippen LogP contribution in [0.2, 0.25) is 0 Å². The number of halogens is 1. The summed E-state index contributed by atoms with van der Waals surface area (Å²) in [7, 11) is 0. The molecule has 0 fully saturated rings. The Labute approximate surface area is 111 Å². The maximum Gasteiger partial charge on any atom is 0.319 e. The summed E-state index contributed by atoms with van der Waals surface area (Å²) in [5.74, 6) is -0.144. The summed E-state index contributed by atoms with van der Waals surface area (Å²) in [6.07, 6.45) is 0.781. The number of aliphatic hydroxyl groups is 1. The average molecular weight is 270 g/mol. The highest BCUT2D eigenvalue weighted by atomic mass is 19.1. The molecule has 0 heterocycles. The molecule has 1 rings (SSSR count). The molecular formula is C13H19FN2O3. The number of rotatable bonds is 6. The lowest BCUT2D eigenvalue weighted by atomic mass is 10.3. The lowest BCUT2D eigenvalue weighted by Gasteiger charge is -2.15. The fourth-order valence-electron chi connectivity index (χ4n) is 1.36. The molecule has 6 heteroatoms. The maximum atomic E-state index is 13.1. The van der Waals surface area contributed by atoms with Gasteiger partial charge in [-0.05, 0) is 25.5 Å². The van der Waals surface area contributed by atoms with Gasteiger partial charge < -0.3 is 20.5 Å². The van der Waals surface area contributed by atoms with Crippen LogP contribution in [0.4, 0.5) is 14.9 Å². The van der Waals surface area contributed by atoms with Crippen LogP contribution < -0.4 is 15.4 Å². The maximum absolute atomic E-state index is 13.1. The zero-order chi connectivity index (χ0) is 14.3. The van der Waals surface area contributed by atoms with Gasteiger partial charge >= 0.3 is 6.03 Å². The molecule has 0 saturated heterocycles. The highest BCUT2D eigenvalue weighted by molar-refractivity contribution is 5.91. The van der Waals surface area contributed by atoms with Crippen molar-refractivity contribution in [3.8, 4) is 5.75 Å². The Kier molecular flexibility index (Phi) is 6.08. The standard InChI is InChI=1S/C13H19FN2O3/c1-3-6-19-12-7-10(14)4-5-11(12)16-13(18)15-9(2)8-17/h4-5,7,9,17H,3,6,8H2,1-2H3,(H2,15,16,18)/t9-/m0/s1. The molecule has 106 valence electrons. The summed E-state index contributed by atoms with van der Waals surface area (Å²) >= 11 is 0. The minimum atomic E-state index is -0.477. The van der Waals surface area contributed by atoms with Crippen molar-refractivity contribution in [1.29, 1.82) is 0 Å². The molecule has 5 nitrogen and oxygen atoms in total. The first-order chi connectivity index (χ1) is 9.06. The van der Waals surface area contributed by atoms with Gasteiger partial charge in [0.15, 0.2) is 0 Å². The van der Waals surface area contributed by atoms with Gasteiger partial charge in [0.05, 0.1) is 24.9 Å². The highest BCUT2D eigenvalue weighted by Crippen LogP contribution is 2.25. The van der Waals surface area contributed by atoms with E-state index in [-0.39, 0.29) is 18.4 Å². The minimum Gasteiger partial charge on any atom is -0.491 e. The van der Waals surface area contributed by atoms with Crippen molar-refractivity contribution in [2.24, 2.45) is 0 Å². The Morgan fingerprint density at radius 3 is 2.89 bits per heavy atom. The van der Waals surface area contributed by atoms with Gasteiger partial charge in [0, 0.05) is 6.07 Å². The molecular weight excluding hydrogens is 251 g/mol. The van der Waals surface area contributed by atoms with E-state index in [1.54, 1.807) is 6.92 Å². The van der Waals surface area contributed by atoms with Gasteiger partial charge in [0.2, 0.25) is 0 Å². The van der Waals surface area contributed by atoms with Crippen molar-refractivity contribution >= 4 is 11.7 Å². The van der Waals surface area contributed by atoms with Crippen LogP contribution >= 0.6 is 0 Å². The van der Waals surface area contributed by atoms with Crippen molar-refractivity contribution in [3.63, 3.8) is 0 Å². The number of amides is 2. The van der Waals surface area contributed by atoms with E-state index in [4.69, 9.17) is 9.84 Å². The monoisotopic (exact) mass is 270 g/mol. The number of benzene rings is 1. The highest BCUT2D eigenvalue weighted by Gasteiger charge is 2.10. The van der Waals surface area contributed by atoms with E-state index in [1.165, 1.54) is 18.2 Å². The van der Waals surface area contributed by atoms with Gasteiger partial charge in [-0.1, -0.05) is 6.92 Å². The van der Waals surface area contributed by atoms with E-state index in [9.17, 15) is 9.18 Å². The third-order valence-corrected chi connectivity index (χ3v) is 2.30. The summed E-state index contributed by atoms with van der Waals surface area (Å²) in [6, 6.07) is 3.06. The molecule has 0 radical (unpaired) electrons. The normalized spacial score (nSPS) is 11.8. The molecule has 3 N–H and O–H groups in total. The molecule has 1 aromatic rings. The molecule has 1 atom stereocenters. The topological polar surface area (TPSA) is 70.6 Å². The molecule has 0 aromatic heterocycles. The fourth-order valence-corrected chi connectivity index (χ4v) is 1.36. The van der Waals surface area contributed by atoms with Crippen LogP contribution in [0.3, 0.4) is 0 Å². The summed E-state index contributed by atoms with van der Waals surface area (Å²) in [4.78, 5) is 11.6. The fraction of sp³-hybridized carbons (Fsp3) is 0.462. The Morgan fingerprint density at radius 2 is 2.26 bits per heavy atom. The van der Waals surface area contributed by atoms with Crippen molar-refractivity contribution in [2.45, 2.75) is 26.3 Å². The molecule has 0 bridgehead atoms. The SMILES string of the molecule is CCCOc1cc(F)ccc1NC(=O)N[C@@H](C)CO. The Bertz CT molecular complexity index is 426. The van der Waals surface area contributed by atoms with Crippen LogP contribution in [0.1, 0.15) is 20.3 Å². The van der Waals surface area contributed by atoms with Crippen LogP contribution in [0.15, 0.2) is 18.2 Å². The number of ether oxygens (including phenoxy) is 1. The Balaban J connectivity index is 2.73. The predicted molar refractivity (Wildman–Crippen MR) is 70.9 cm³/mol. The largest absolute Gasteiger partial charge is 0.491 e. The lowest BCUT2D eigenvalue weighted by Crippen LogP contribution is -2.38. The van der Waals surface area contributed by atoms with Crippen molar-refractivity contribution < 1.29 is 19.0 Å². The van der Waals surface area contributed by atoms with Gasteiger partial charge in [0.1, 0.15) is 11.6 Å². The van der Waals surface area contributed by atoms with Crippen LogP contribution in [0.5, 0.6) is 5.75 Å². The van der Waals surface area contributed by atoms with E-state index in [2.05, 4.69) is 10.6 Å². The number of hydrogen-bond donors (Lipinski definition) is 3. The second-order valence-electron chi connectivity index (χ2n) is 4.17. The van der Waals surface area contributed by atoms with E-state index >= 15 is 0 Å². The van der Waals surface area contributed by atoms with Gasteiger partial charge in [0.25, 0.3) is 0 Å². The number of carbonyl (C=O) groups is 1. The van der Waals surface area contributed by atoms with Crippen LogP contribution in [0.25, 0.3) is 0 Å². The van der Waals surface area contributed by atoms with Crippen LogP contribution in [0, 0.1) is 5.82 Å². The first-order valence-electron chi connectivity index (χ1n) is 6.17. The number of hydrogen-bond acceptors (Lipinski definition) is 3. The van der Waals surface area contributed by atoms with Crippen LogP contribution in [-0.2, 0) is 0 Å². The summed E-state index contributed by atoms with van der Waals surface area (Å²) in [5, 5.41) is 13.9. The van der Waals surface area contributed by atoms with E-state index in [1.807, 2.05) is 6.92 Å². The number of nitrogens with one attached hydrogen (secondary N) is 2. The summed E-state index contributed by atoms with van der Waals surface area (Å²) in [6.45, 7) is 3.88. The third-order valence-electron chi connectivity index (χ3n) is 2.30. The smallest absolute Gasteiger partial charge is 0.319 e. The predicted octanol–water partition coefficient (Wildman–Crippen LogP) is 2.12. The molecule has 0 saturated carbocycles. The van der Waals surface area contributed by atoms with Gasteiger partial charge in [-0.25, -0.2) is 9.18 Å². The number of carbonyl (C=O) groups excluding carboxylic acids is 1. The number of aliphatic hydroxyl groups excluding tert-OH is 1. The zero-order valence-corrected chi connectivity index (χ0v) is 11.1. The quantitative estimate of drug-likeness (QED) is 0.741. The molecule has 0 aliphatic heterocycles. The summed E-state index contributed by atoms with van der Waals surface area (Å²) in [5.41, 5.74) is 0.387. The Morgan fingerprint density at radius 1 is 1.53 bits per heavy atom. The first-order valence-corrected chi connectivity index (χ1v) is 6.17. The van der Waals surface area contributed by atoms with E-state index in [0.717, 1.165) is 6.42 Å².